The van der Waals surface area contributed by atoms with Crippen LogP contribution >= 0.6 is 0 Å². The predicted molar refractivity (Wildman–Crippen MR) is 85.4 cm³/mol. The van der Waals surface area contributed by atoms with Gasteiger partial charge in [-0.25, -0.2) is 0 Å². The number of hydrogen-bond acceptors (Lipinski definition) is 4. The average Bonchev–Trinajstić information content (AvgIpc) is 2.74. The second-order valence-electron chi connectivity index (χ2n) is 5.71. The minimum atomic E-state index is -1.65. The van der Waals surface area contributed by atoms with E-state index in [9.17, 15) is 9.59 Å². The summed E-state index contributed by atoms with van der Waals surface area (Å²) in [5.74, 6) is -0.582. The number of rotatable bonds is 2. The van der Waals surface area contributed by atoms with E-state index in [-0.39, 0.29) is 0 Å². The van der Waals surface area contributed by atoms with Crippen LogP contribution in [0.25, 0.3) is 0 Å². The first kappa shape index (κ1) is 15.1. The van der Waals surface area contributed by atoms with Crippen molar-refractivity contribution in [3.05, 3.63) is 35.7 Å². The van der Waals surface area contributed by atoms with Gasteiger partial charge in [0.25, 0.3) is 17.4 Å². The monoisotopic (exact) mass is 314 g/mol. The molecule has 3 rings (SSSR count). The molecule has 0 spiro atoms. The Kier molecular flexibility index (Phi) is 3.35. The molecule has 1 aromatic carbocycles. The Morgan fingerprint density at radius 1 is 1.35 bits per heavy atom. The van der Waals surface area contributed by atoms with Gasteiger partial charge in [-0.2, -0.15) is 5.10 Å². The molecule has 2 heterocycles. The van der Waals surface area contributed by atoms with Crippen LogP contribution in [-0.2, 0) is 16.6 Å². The van der Waals surface area contributed by atoms with Crippen LogP contribution in [0.15, 0.2) is 24.3 Å². The first-order valence-corrected chi connectivity index (χ1v) is 7.24. The van der Waals surface area contributed by atoms with Gasteiger partial charge in [-0.1, -0.05) is 12.1 Å². The van der Waals surface area contributed by atoms with E-state index < -0.39 is 17.4 Å². The zero-order chi connectivity index (χ0) is 16.8. The molecule has 1 atom stereocenters. The Bertz CT molecular complexity index is 812. The minimum absolute atomic E-state index is 0.462. The summed E-state index contributed by atoms with van der Waals surface area (Å²) in [5.41, 5.74) is 0.975. The third kappa shape index (κ3) is 2.34. The summed E-state index contributed by atoms with van der Waals surface area (Å²) in [6.07, 6.45) is 0. The first-order chi connectivity index (χ1) is 10.8. The summed E-state index contributed by atoms with van der Waals surface area (Å²) >= 11 is 0. The van der Waals surface area contributed by atoms with E-state index >= 15 is 0 Å². The molecule has 1 aliphatic heterocycles. The number of nitrogens with zero attached hydrogens (tertiary/aromatic N) is 2. The maximum absolute atomic E-state index is 12.7. The SMILES string of the molecule is Cc1nn(C)c(C)c1NC(=O)[C@]1(C)Oc2ccccc2NC1=O. The summed E-state index contributed by atoms with van der Waals surface area (Å²) in [6.45, 7) is 5.09. The Balaban J connectivity index is 1.91. The first-order valence-electron chi connectivity index (χ1n) is 7.24. The topological polar surface area (TPSA) is 85.2 Å². The van der Waals surface area contributed by atoms with Crippen molar-refractivity contribution < 1.29 is 14.3 Å². The number of ether oxygens (including phenoxy) is 1. The summed E-state index contributed by atoms with van der Waals surface area (Å²) in [6, 6.07) is 7.00. The summed E-state index contributed by atoms with van der Waals surface area (Å²) in [4.78, 5) is 25.1. The molecule has 2 amide bonds. The molecule has 23 heavy (non-hydrogen) atoms. The van der Waals surface area contributed by atoms with Crippen molar-refractivity contribution in [1.82, 2.24) is 9.78 Å². The number of benzene rings is 1. The summed E-state index contributed by atoms with van der Waals surface area (Å²) in [7, 11) is 1.79. The Morgan fingerprint density at radius 2 is 2.04 bits per heavy atom. The third-order valence-electron chi connectivity index (χ3n) is 4.06. The lowest BCUT2D eigenvalue weighted by atomic mass is 10.0. The van der Waals surface area contributed by atoms with Crippen molar-refractivity contribution in [2.45, 2.75) is 26.4 Å². The molecule has 1 aliphatic rings. The van der Waals surface area contributed by atoms with Crippen LogP contribution in [0.4, 0.5) is 11.4 Å². The quantitative estimate of drug-likeness (QED) is 0.827. The smallest absolute Gasteiger partial charge is 0.278 e. The Labute approximate surface area is 133 Å². The van der Waals surface area contributed by atoms with Crippen molar-refractivity contribution in [1.29, 1.82) is 0 Å². The lowest BCUT2D eigenvalue weighted by Crippen LogP contribution is -2.56. The number of hydrogen-bond donors (Lipinski definition) is 2. The number of anilines is 2. The lowest BCUT2D eigenvalue weighted by Gasteiger charge is -2.33. The Hall–Kier alpha value is -2.83. The van der Waals surface area contributed by atoms with Crippen LogP contribution in [0.5, 0.6) is 5.75 Å². The van der Waals surface area contributed by atoms with E-state index in [1.54, 1.807) is 42.9 Å². The predicted octanol–water partition coefficient (Wildman–Crippen LogP) is 1.77. The van der Waals surface area contributed by atoms with Gasteiger partial charge < -0.3 is 15.4 Å². The van der Waals surface area contributed by atoms with E-state index in [0.717, 1.165) is 5.69 Å². The summed E-state index contributed by atoms with van der Waals surface area (Å²) < 4.78 is 7.37. The number of nitrogens with one attached hydrogen (secondary N) is 2. The molecule has 0 radical (unpaired) electrons. The average molecular weight is 314 g/mol. The molecule has 120 valence electrons. The van der Waals surface area contributed by atoms with Gasteiger partial charge in [-0.3, -0.25) is 14.3 Å². The molecule has 2 aromatic rings. The van der Waals surface area contributed by atoms with Gasteiger partial charge in [-0.05, 0) is 32.9 Å². The van der Waals surface area contributed by atoms with Gasteiger partial charge >= 0.3 is 0 Å². The van der Waals surface area contributed by atoms with Crippen LogP contribution in [0, 0.1) is 13.8 Å². The number of carbonyl (C=O) groups is 2. The molecule has 1 aromatic heterocycles. The fourth-order valence-electron chi connectivity index (χ4n) is 2.50. The number of carbonyl (C=O) groups excluding carboxylic acids is 2. The molecule has 7 heteroatoms. The van der Waals surface area contributed by atoms with Gasteiger partial charge in [0.15, 0.2) is 0 Å². The second kappa shape index (κ2) is 5.12. The van der Waals surface area contributed by atoms with E-state index in [0.29, 0.717) is 22.8 Å². The van der Waals surface area contributed by atoms with E-state index in [1.165, 1.54) is 6.92 Å². The number of fused-ring (bicyclic) bond motifs is 1. The molecule has 0 saturated carbocycles. The van der Waals surface area contributed by atoms with E-state index in [4.69, 9.17) is 4.74 Å². The molecular weight excluding hydrogens is 296 g/mol. The van der Waals surface area contributed by atoms with Crippen molar-refractivity contribution in [2.75, 3.05) is 10.6 Å². The normalized spacial score (nSPS) is 19.6. The maximum atomic E-state index is 12.7. The van der Waals surface area contributed by atoms with Crippen molar-refractivity contribution in [3.63, 3.8) is 0 Å². The van der Waals surface area contributed by atoms with Crippen molar-refractivity contribution in [2.24, 2.45) is 7.05 Å². The van der Waals surface area contributed by atoms with Crippen LogP contribution in [0.1, 0.15) is 18.3 Å². The highest BCUT2D eigenvalue weighted by molar-refractivity contribution is 6.19. The highest BCUT2D eigenvalue weighted by Gasteiger charge is 2.47. The lowest BCUT2D eigenvalue weighted by molar-refractivity contribution is -0.143. The standard InChI is InChI=1S/C16H18N4O3/c1-9-13(10(2)20(4)19-9)18-15(22)16(3)14(21)17-11-7-5-6-8-12(11)23-16/h5-8H,1-4H3,(H,17,21)(H,18,22)/t16-/m1/s1. The van der Waals surface area contributed by atoms with Crippen LogP contribution in [0.3, 0.4) is 0 Å². The number of aromatic nitrogens is 2. The van der Waals surface area contributed by atoms with Crippen LogP contribution < -0.4 is 15.4 Å². The van der Waals surface area contributed by atoms with Gasteiger partial charge in [-0.15, -0.1) is 0 Å². The second-order valence-corrected chi connectivity index (χ2v) is 5.71. The van der Waals surface area contributed by atoms with E-state index in [1.807, 2.05) is 6.92 Å². The fraction of sp³-hybridized carbons (Fsp3) is 0.312. The molecule has 0 aliphatic carbocycles. The molecule has 2 N–H and O–H groups in total. The molecule has 0 fully saturated rings. The number of amides is 2. The largest absolute Gasteiger partial charge is 0.466 e. The minimum Gasteiger partial charge on any atom is -0.466 e. The molecule has 0 unspecified atom stereocenters. The third-order valence-corrected chi connectivity index (χ3v) is 4.06. The molecule has 0 saturated heterocycles. The van der Waals surface area contributed by atoms with Crippen LogP contribution in [-0.4, -0.2) is 27.2 Å². The number of aryl methyl sites for hydroxylation is 2. The van der Waals surface area contributed by atoms with Gasteiger partial charge in [0.1, 0.15) is 5.75 Å². The van der Waals surface area contributed by atoms with Gasteiger partial charge in [0.2, 0.25) is 0 Å². The zero-order valence-electron chi connectivity index (χ0n) is 13.4. The zero-order valence-corrected chi connectivity index (χ0v) is 13.4. The van der Waals surface area contributed by atoms with Crippen molar-refractivity contribution >= 4 is 23.2 Å². The van der Waals surface area contributed by atoms with E-state index in [2.05, 4.69) is 15.7 Å². The van der Waals surface area contributed by atoms with Gasteiger partial charge in [0, 0.05) is 7.05 Å². The van der Waals surface area contributed by atoms with Crippen molar-refractivity contribution in [3.8, 4) is 5.75 Å². The number of para-hydroxylation sites is 2. The van der Waals surface area contributed by atoms with Gasteiger partial charge in [0.05, 0.1) is 22.8 Å². The maximum Gasteiger partial charge on any atom is 0.278 e. The molecular formula is C16H18N4O3. The van der Waals surface area contributed by atoms with Crippen LogP contribution in [0.2, 0.25) is 0 Å². The molecule has 7 nitrogen and oxygen atoms in total. The highest BCUT2D eigenvalue weighted by atomic mass is 16.5. The summed E-state index contributed by atoms with van der Waals surface area (Å²) in [5, 5.41) is 9.72. The fourth-order valence-corrected chi connectivity index (χ4v) is 2.50. The Morgan fingerprint density at radius 3 is 2.70 bits per heavy atom. The highest BCUT2D eigenvalue weighted by Crippen LogP contribution is 2.34. The molecule has 0 bridgehead atoms.